The molecule has 2 N–H and O–H groups in total. The van der Waals surface area contributed by atoms with E-state index in [9.17, 15) is 4.39 Å². The van der Waals surface area contributed by atoms with Crippen LogP contribution in [0.4, 0.5) is 4.39 Å². The number of hydrogen-bond acceptors (Lipinski definition) is 2. The van der Waals surface area contributed by atoms with E-state index >= 15 is 0 Å². The molecule has 4 heteroatoms. The molecule has 0 saturated heterocycles. The minimum atomic E-state index is -0.182. The molecule has 1 nitrogen and oxygen atoms in total. The van der Waals surface area contributed by atoms with E-state index in [1.165, 1.54) is 53.5 Å². The summed E-state index contributed by atoms with van der Waals surface area (Å²) in [5, 5.41) is 0. The Morgan fingerprint density at radius 1 is 1.19 bits per heavy atom. The van der Waals surface area contributed by atoms with Gasteiger partial charge >= 0.3 is 0 Å². The number of halogens is 2. The normalized spacial score (nSPS) is 16.3. The van der Waals surface area contributed by atoms with Crippen LogP contribution >= 0.6 is 27.3 Å². The lowest BCUT2D eigenvalue weighted by Crippen LogP contribution is -2.12. The average Bonchev–Trinajstić information content (AvgIpc) is 2.73. The maximum Gasteiger partial charge on any atom is 0.127 e. The van der Waals surface area contributed by atoms with Crippen LogP contribution in [0.5, 0.6) is 0 Å². The topological polar surface area (TPSA) is 26.0 Å². The Bertz CT molecular complexity index is 614. The van der Waals surface area contributed by atoms with E-state index in [2.05, 4.69) is 22.0 Å². The zero-order chi connectivity index (χ0) is 14.8. The highest BCUT2D eigenvalue weighted by Gasteiger charge is 2.17. The standard InChI is InChI=1S/C17H19BrFNS/c18-13-7-6-11(14(19)10-13)8-15(20)17-9-12-4-2-1-3-5-16(12)21-17/h6-7,9-10,15H,1-5,8,20H2. The Morgan fingerprint density at radius 3 is 2.81 bits per heavy atom. The lowest BCUT2D eigenvalue weighted by atomic mass is 10.0. The summed E-state index contributed by atoms with van der Waals surface area (Å²) in [6.45, 7) is 0. The van der Waals surface area contributed by atoms with Crippen LogP contribution in [0, 0.1) is 5.82 Å². The first-order valence-electron chi connectivity index (χ1n) is 7.44. The predicted octanol–water partition coefficient (Wildman–Crippen LogP) is 5.16. The van der Waals surface area contributed by atoms with Crippen molar-refractivity contribution in [3.05, 3.63) is 55.4 Å². The Kier molecular flexibility index (Phi) is 4.77. The van der Waals surface area contributed by atoms with E-state index in [0.717, 1.165) is 4.47 Å². The first-order valence-corrected chi connectivity index (χ1v) is 9.05. The maximum absolute atomic E-state index is 13.9. The summed E-state index contributed by atoms with van der Waals surface area (Å²) in [4.78, 5) is 2.69. The fourth-order valence-corrected chi connectivity index (χ4v) is 4.49. The Balaban J connectivity index is 1.77. The van der Waals surface area contributed by atoms with Crippen molar-refractivity contribution < 1.29 is 4.39 Å². The van der Waals surface area contributed by atoms with Gasteiger partial charge in [0.2, 0.25) is 0 Å². The van der Waals surface area contributed by atoms with Gasteiger partial charge in [-0.05, 0) is 61.4 Å². The molecule has 1 aliphatic carbocycles. The fourth-order valence-electron chi connectivity index (χ4n) is 2.90. The number of thiophene rings is 1. The second-order valence-electron chi connectivity index (χ2n) is 5.70. The molecule has 1 aromatic carbocycles. The first-order chi connectivity index (χ1) is 10.1. The second kappa shape index (κ2) is 6.59. The second-order valence-corrected chi connectivity index (χ2v) is 7.79. The number of fused-ring (bicyclic) bond motifs is 1. The van der Waals surface area contributed by atoms with Gasteiger partial charge in [0.15, 0.2) is 0 Å². The number of hydrogen-bond donors (Lipinski definition) is 1. The molecule has 1 heterocycles. The van der Waals surface area contributed by atoms with Gasteiger partial charge in [0.1, 0.15) is 5.82 Å². The molecule has 0 aliphatic heterocycles. The van der Waals surface area contributed by atoms with Crippen molar-refractivity contribution in [1.29, 1.82) is 0 Å². The summed E-state index contributed by atoms with van der Waals surface area (Å²) >= 11 is 5.11. The van der Waals surface area contributed by atoms with E-state index in [1.54, 1.807) is 0 Å². The zero-order valence-electron chi connectivity index (χ0n) is 11.9. The minimum absolute atomic E-state index is 0.113. The monoisotopic (exact) mass is 367 g/mol. The SMILES string of the molecule is NC(Cc1ccc(Br)cc1F)c1cc2c(s1)CCCCC2. The molecular formula is C17H19BrFNS. The zero-order valence-corrected chi connectivity index (χ0v) is 14.3. The van der Waals surface area contributed by atoms with Crippen LogP contribution in [0.1, 0.15) is 46.2 Å². The van der Waals surface area contributed by atoms with E-state index in [0.29, 0.717) is 12.0 Å². The van der Waals surface area contributed by atoms with Crippen molar-refractivity contribution in [2.24, 2.45) is 5.73 Å². The van der Waals surface area contributed by atoms with E-state index in [1.807, 2.05) is 23.5 Å². The van der Waals surface area contributed by atoms with Crippen molar-refractivity contribution in [3.63, 3.8) is 0 Å². The molecule has 2 aromatic rings. The molecule has 0 radical (unpaired) electrons. The van der Waals surface area contributed by atoms with Crippen molar-refractivity contribution in [2.45, 2.75) is 44.6 Å². The summed E-state index contributed by atoms with van der Waals surface area (Å²) < 4.78 is 14.7. The minimum Gasteiger partial charge on any atom is -0.323 e. The quantitative estimate of drug-likeness (QED) is 0.744. The van der Waals surface area contributed by atoms with E-state index < -0.39 is 0 Å². The van der Waals surface area contributed by atoms with Crippen LogP contribution in [0.25, 0.3) is 0 Å². The molecule has 0 bridgehead atoms. The molecular weight excluding hydrogens is 349 g/mol. The van der Waals surface area contributed by atoms with Crippen molar-refractivity contribution in [3.8, 4) is 0 Å². The third kappa shape index (κ3) is 3.55. The van der Waals surface area contributed by atoms with Gasteiger partial charge in [-0.25, -0.2) is 4.39 Å². The van der Waals surface area contributed by atoms with Crippen LogP contribution in [-0.4, -0.2) is 0 Å². The molecule has 1 aromatic heterocycles. The van der Waals surface area contributed by atoms with Crippen LogP contribution in [-0.2, 0) is 19.3 Å². The van der Waals surface area contributed by atoms with Gasteiger partial charge in [0.25, 0.3) is 0 Å². The maximum atomic E-state index is 13.9. The molecule has 0 fully saturated rings. The molecule has 21 heavy (non-hydrogen) atoms. The Labute approximate surface area is 137 Å². The van der Waals surface area contributed by atoms with Crippen molar-refractivity contribution in [2.75, 3.05) is 0 Å². The van der Waals surface area contributed by atoms with Gasteiger partial charge in [0, 0.05) is 20.3 Å². The third-order valence-electron chi connectivity index (χ3n) is 4.09. The highest BCUT2D eigenvalue weighted by molar-refractivity contribution is 9.10. The van der Waals surface area contributed by atoms with Gasteiger partial charge in [-0.15, -0.1) is 11.3 Å². The first kappa shape index (κ1) is 15.2. The summed E-state index contributed by atoms with van der Waals surface area (Å²) in [7, 11) is 0. The number of benzene rings is 1. The fraction of sp³-hybridized carbons (Fsp3) is 0.412. The van der Waals surface area contributed by atoms with E-state index in [-0.39, 0.29) is 11.9 Å². The smallest absolute Gasteiger partial charge is 0.127 e. The number of nitrogens with two attached hydrogens (primary N) is 1. The molecule has 112 valence electrons. The molecule has 0 spiro atoms. The van der Waals surface area contributed by atoms with Crippen LogP contribution in [0.3, 0.4) is 0 Å². The molecule has 1 unspecified atom stereocenters. The highest BCUT2D eigenvalue weighted by Crippen LogP contribution is 2.33. The largest absolute Gasteiger partial charge is 0.323 e. The summed E-state index contributed by atoms with van der Waals surface area (Å²) in [5.74, 6) is -0.182. The highest BCUT2D eigenvalue weighted by atomic mass is 79.9. The summed E-state index contributed by atoms with van der Waals surface area (Å²) in [6.07, 6.45) is 6.79. The number of rotatable bonds is 3. The van der Waals surface area contributed by atoms with Crippen molar-refractivity contribution in [1.82, 2.24) is 0 Å². The predicted molar refractivity (Wildman–Crippen MR) is 90.3 cm³/mol. The summed E-state index contributed by atoms with van der Waals surface area (Å²) in [6, 6.07) is 7.34. The molecule has 3 rings (SSSR count). The lowest BCUT2D eigenvalue weighted by molar-refractivity contribution is 0.594. The molecule has 1 aliphatic rings. The third-order valence-corrected chi connectivity index (χ3v) is 5.95. The van der Waals surface area contributed by atoms with Gasteiger partial charge in [-0.3, -0.25) is 0 Å². The van der Waals surface area contributed by atoms with Crippen molar-refractivity contribution >= 4 is 27.3 Å². The van der Waals surface area contributed by atoms with Gasteiger partial charge in [0.05, 0.1) is 0 Å². The van der Waals surface area contributed by atoms with Crippen LogP contribution < -0.4 is 5.73 Å². The van der Waals surface area contributed by atoms with Crippen LogP contribution in [0.2, 0.25) is 0 Å². The lowest BCUT2D eigenvalue weighted by Gasteiger charge is -2.10. The van der Waals surface area contributed by atoms with Gasteiger partial charge in [-0.1, -0.05) is 28.4 Å². The molecule has 1 atom stereocenters. The summed E-state index contributed by atoms with van der Waals surface area (Å²) in [5.41, 5.74) is 8.48. The average molecular weight is 368 g/mol. The molecule has 0 amide bonds. The van der Waals surface area contributed by atoms with Crippen LogP contribution in [0.15, 0.2) is 28.7 Å². The van der Waals surface area contributed by atoms with E-state index in [4.69, 9.17) is 5.73 Å². The van der Waals surface area contributed by atoms with Gasteiger partial charge < -0.3 is 5.73 Å². The number of aryl methyl sites for hydroxylation is 2. The Morgan fingerprint density at radius 2 is 2.00 bits per heavy atom. The molecule has 0 saturated carbocycles. The van der Waals surface area contributed by atoms with Gasteiger partial charge in [-0.2, -0.15) is 0 Å². The Hall–Kier alpha value is -0.710.